The summed E-state index contributed by atoms with van der Waals surface area (Å²) in [6.07, 6.45) is 0. The number of aromatic hydroxyl groups is 2. The first kappa shape index (κ1) is 27.9. The summed E-state index contributed by atoms with van der Waals surface area (Å²) >= 11 is 15.0. The third-order valence-electron chi connectivity index (χ3n) is 4.61. The van der Waals surface area contributed by atoms with Crippen molar-refractivity contribution in [3.05, 3.63) is 53.1 Å². The van der Waals surface area contributed by atoms with Crippen LogP contribution in [0.25, 0.3) is 33.1 Å². The van der Waals surface area contributed by atoms with E-state index in [-0.39, 0.29) is 46.6 Å². The van der Waals surface area contributed by atoms with Crippen LogP contribution in [0, 0.1) is 14.3 Å². The molecule has 0 spiro atoms. The zero-order valence-corrected chi connectivity index (χ0v) is 29.5. The molecule has 1 heterocycles. The van der Waals surface area contributed by atoms with Crippen LogP contribution in [0.3, 0.4) is 0 Å². The average molecular weight is 1020 g/mol. The molecule has 0 radical (unpaired) electrons. The van der Waals surface area contributed by atoms with Crippen LogP contribution in [0.2, 0.25) is 0 Å². The Hall–Kier alpha value is 1.28. The van der Waals surface area contributed by atoms with Gasteiger partial charge in [-0.05, 0) is 131 Å². The summed E-state index contributed by atoms with van der Waals surface area (Å²) in [7, 11) is 0. The fourth-order valence-electron chi connectivity index (χ4n) is 3.28. The quantitative estimate of drug-likeness (QED) is 0.106. The van der Waals surface area contributed by atoms with Crippen molar-refractivity contribution in [2.75, 3.05) is 0 Å². The second kappa shape index (κ2) is 10.7. The normalized spacial score (nSPS) is 11.1. The first-order valence-corrected chi connectivity index (χ1v) is 14.1. The number of carboxylic acid groups (broad SMARTS) is 1. The van der Waals surface area contributed by atoms with Crippen molar-refractivity contribution >= 4 is 150 Å². The number of fused-ring (bicyclic) bond motifs is 2. The Morgan fingerprint density at radius 1 is 0.812 bits per heavy atom. The van der Waals surface area contributed by atoms with Gasteiger partial charge in [0.2, 0.25) is 0 Å². The molecule has 0 aliphatic heterocycles. The maximum atomic E-state index is 12.3. The summed E-state index contributed by atoms with van der Waals surface area (Å²) in [4.78, 5) is 12.3. The largest absolute Gasteiger partial charge is 1.00 e. The van der Waals surface area contributed by atoms with Gasteiger partial charge in [0.15, 0.2) is 18.6 Å². The van der Waals surface area contributed by atoms with Crippen LogP contribution >= 0.6 is 122 Å². The topological polar surface area (TPSA) is 89.1 Å². The molecule has 0 amide bonds. The Balaban J connectivity index is 0.00000289. The van der Waals surface area contributed by atoms with E-state index in [1.54, 1.807) is 24.3 Å². The van der Waals surface area contributed by atoms with Crippen LogP contribution in [-0.2, 0) is 0 Å². The predicted octanol–water partition coefficient (Wildman–Crippen LogP) is 5.59. The SMILES string of the molecule is O=C(O)c1c(Br)ccc(Br)c1-c1c2cc(I)c(O)c(I)c2[o+]c2c(I)c(O)c(I)cc12.[Na+]. The number of phenolic OH excluding ortho intramolecular Hbond substituents is 2. The van der Waals surface area contributed by atoms with Gasteiger partial charge in [0.25, 0.3) is 0 Å². The maximum Gasteiger partial charge on any atom is 1.00 e. The summed E-state index contributed by atoms with van der Waals surface area (Å²) in [5, 5.41) is 32.3. The maximum absolute atomic E-state index is 12.3. The van der Waals surface area contributed by atoms with E-state index in [0.717, 1.165) is 0 Å². The number of hydrogen-bond donors (Lipinski definition) is 3. The number of rotatable bonds is 2. The van der Waals surface area contributed by atoms with E-state index in [9.17, 15) is 20.1 Å². The van der Waals surface area contributed by atoms with Gasteiger partial charge in [0, 0.05) is 20.1 Å². The average Bonchev–Trinajstić information content (AvgIpc) is 2.71. The number of carbonyl (C=O) groups is 1. The van der Waals surface area contributed by atoms with Crippen molar-refractivity contribution < 1.29 is 54.1 Å². The first-order valence-electron chi connectivity index (χ1n) is 8.23. The van der Waals surface area contributed by atoms with E-state index in [1.165, 1.54) is 0 Å². The van der Waals surface area contributed by atoms with Crippen LogP contribution in [0.5, 0.6) is 11.5 Å². The summed E-state index contributed by atoms with van der Waals surface area (Å²) in [6, 6.07) is 7.00. The predicted molar refractivity (Wildman–Crippen MR) is 160 cm³/mol. The van der Waals surface area contributed by atoms with Gasteiger partial charge < -0.3 is 15.3 Å². The Morgan fingerprint density at radius 2 is 1.25 bits per heavy atom. The molecule has 0 saturated heterocycles. The van der Waals surface area contributed by atoms with Crippen molar-refractivity contribution in [2.45, 2.75) is 0 Å². The van der Waals surface area contributed by atoms with E-state index in [2.05, 4.69) is 31.9 Å². The minimum Gasteiger partial charge on any atom is -0.505 e. The number of hydrogen-bond acceptors (Lipinski definition) is 3. The van der Waals surface area contributed by atoms with Crippen molar-refractivity contribution in [3.63, 3.8) is 0 Å². The minimum atomic E-state index is -1.09. The van der Waals surface area contributed by atoms with E-state index in [4.69, 9.17) is 4.42 Å². The molecule has 0 saturated carbocycles. The summed E-state index contributed by atoms with van der Waals surface area (Å²) in [5.74, 6) is -0.921. The van der Waals surface area contributed by atoms with E-state index >= 15 is 0 Å². The van der Waals surface area contributed by atoms with Gasteiger partial charge in [0.1, 0.15) is 0 Å². The van der Waals surface area contributed by atoms with Crippen LogP contribution in [0.4, 0.5) is 0 Å². The molecular weight excluding hydrogens is 1010 g/mol. The molecule has 0 bridgehead atoms. The number of carboxylic acids is 1. The summed E-state index contributed by atoms with van der Waals surface area (Å²) < 4.78 is 9.44. The van der Waals surface area contributed by atoms with E-state index < -0.39 is 5.97 Å². The van der Waals surface area contributed by atoms with Crippen LogP contribution in [0.1, 0.15) is 10.4 Å². The molecular formula is C20H7Br2I4NaO5+2. The van der Waals surface area contributed by atoms with Crippen molar-refractivity contribution in [3.8, 4) is 22.6 Å². The number of phenols is 2. The molecule has 0 fully saturated rings. The molecule has 12 heteroatoms. The van der Waals surface area contributed by atoms with Gasteiger partial charge in [-0.25, -0.2) is 9.21 Å². The Morgan fingerprint density at radius 3 is 1.69 bits per heavy atom. The third-order valence-corrected chi connectivity index (χ3v) is 9.58. The van der Waals surface area contributed by atoms with Crippen LogP contribution in [0.15, 0.2) is 37.6 Å². The van der Waals surface area contributed by atoms with Gasteiger partial charge in [-0.3, -0.25) is 0 Å². The fourth-order valence-corrected chi connectivity index (χ4v) is 7.88. The Bertz CT molecular complexity index is 1390. The number of aromatic carboxylic acids is 1. The monoisotopic (exact) mass is 1020 g/mol. The number of halogens is 6. The Labute approximate surface area is 275 Å². The number of benzene rings is 3. The Kier molecular flexibility index (Phi) is 9.33. The van der Waals surface area contributed by atoms with Crippen molar-refractivity contribution in [2.24, 2.45) is 0 Å². The zero-order valence-electron chi connectivity index (χ0n) is 15.7. The molecule has 3 aromatic carbocycles. The minimum absolute atomic E-state index is 0. The smallest absolute Gasteiger partial charge is 0.505 e. The molecule has 0 unspecified atom stereocenters. The van der Waals surface area contributed by atoms with Gasteiger partial charge in [-0.2, -0.15) is 0 Å². The van der Waals surface area contributed by atoms with Gasteiger partial charge in [-0.1, -0.05) is 15.9 Å². The zero-order chi connectivity index (χ0) is 22.8. The van der Waals surface area contributed by atoms with E-state index in [0.29, 0.717) is 56.3 Å². The molecule has 4 aromatic rings. The van der Waals surface area contributed by atoms with Gasteiger partial charge in [0.05, 0.1) is 23.5 Å². The molecule has 1 aromatic heterocycles. The molecule has 0 atom stereocenters. The van der Waals surface area contributed by atoms with Gasteiger partial charge in [-0.15, -0.1) is 0 Å². The molecule has 4 rings (SSSR count). The molecule has 3 N–H and O–H groups in total. The molecule has 5 nitrogen and oxygen atoms in total. The van der Waals surface area contributed by atoms with E-state index in [1.807, 2.05) is 90.4 Å². The van der Waals surface area contributed by atoms with Crippen molar-refractivity contribution in [1.29, 1.82) is 0 Å². The molecule has 0 aliphatic carbocycles. The van der Waals surface area contributed by atoms with Crippen LogP contribution in [-0.4, -0.2) is 21.3 Å². The van der Waals surface area contributed by atoms with Gasteiger partial charge >= 0.3 is 46.7 Å². The summed E-state index contributed by atoms with van der Waals surface area (Å²) in [6.45, 7) is 0. The second-order valence-electron chi connectivity index (χ2n) is 6.36. The molecule has 0 aliphatic rings. The standard InChI is InChI=1S/C20H6Br2I4O5.Na/c21-7-1-2-8(22)13(20(29)30)12(7)11-5-3-9(23)16(27)14(25)18(5)31-19-6(11)4-10(24)17(28)15(19)26;/h1-4H,(H2-,27,28,29,30);/q;+1/p+1. The first-order chi connectivity index (χ1) is 14.5. The molecule has 158 valence electrons. The summed E-state index contributed by atoms with van der Waals surface area (Å²) in [5.41, 5.74) is 2.01. The van der Waals surface area contributed by atoms with Crippen LogP contribution < -0.4 is 29.6 Å². The second-order valence-corrected chi connectivity index (χ2v) is 12.5. The third kappa shape index (κ3) is 4.68. The fraction of sp³-hybridized carbons (Fsp3) is 0. The molecule has 32 heavy (non-hydrogen) atoms. The van der Waals surface area contributed by atoms with Crippen molar-refractivity contribution in [1.82, 2.24) is 0 Å².